The second kappa shape index (κ2) is 5.34. The molecule has 0 amide bonds. The minimum Gasteiger partial charge on any atom is -0.317 e. The van der Waals surface area contributed by atoms with Crippen molar-refractivity contribution in [1.29, 1.82) is 5.26 Å². The van der Waals surface area contributed by atoms with Gasteiger partial charge in [-0.2, -0.15) is 5.26 Å². The topological polar surface area (TPSA) is 55.2 Å². The van der Waals surface area contributed by atoms with E-state index in [1.807, 2.05) is 19.9 Å². The van der Waals surface area contributed by atoms with Crippen LogP contribution in [0.2, 0.25) is 0 Å². The second-order valence-electron chi connectivity index (χ2n) is 4.79. The van der Waals surface area contributed by atoms with E-state index in [0.717, 1.165) is 43.3 Å². The van der Waals surface area contributed by atoms with Gasteiger partial charge in [-0.1, -0.05) is 0 Å². The normalized spacial score (nSPS) is 17.4. The molecule has 1 aliphatic rings. The summed E-state index contributed by atoms with van der Waals surface area (Å²) in [5, 5.41) is 11.4. The molecule has 0 bridgehead atoms. The molecule has 2 heterocycles. The molecular weight excluding hydrogens is 226 g/mol. The average Bonchev–Trinajstić information content (AvgIpc) is 2.32. The molecular formula is C13H19N5. The van der Waals surface area contributed by atoms with Crippen molar-refractivity contribution in [1.82, 2.24) is 14.9 Å². The van der Waals surface area contributed by atoms with Crippen LogP contribution in [0, 0.1) is 25.2 Å². The van der Waals surface area contributed by atoms with E-state index in [1.54, 1.807) is 0 Å². The van der Waals surface area contributed by atoms with Crippen LogP contribution in [0.3, 0.4) is 0 Å². The Balaban J connectivity index is 2.16. The van der Waals surface area contributed by atoms with Crippen molar-refractivity contribution in [2.45, 2.75) is 13.8 Å². The summed E-state index contributed by atoms with van der Waals surface area (Å²) in [7, 11) is 2.12. The highest BCUT2D eigenvalue weighted by molar-refractivity contribution is 5.59. The van der Waals surface area contributed by atoms with E-state index >= 15 is 0 Å². The Bertz CT molecular complexity index is 469. The lowest BCUT2D eigenvalue weighted by Crippen LogP contribution is -2.47. The molecule has 1 aliphatic heterocycles. The van der Waals surface area contributed by atoms with Crippen LogP contribution >= 0.6 is 0 Å². The number of nitrogens with zero attached hydrogens (tertiary/aromatic N) is 4. The van der Waals surface area contributed by atoms with Crippen LogP contribution < -0.4 is 5.43 Å². The summed E-state index contributed by atoms with van der Waals surface area (Å²) in [6.07, 6.45) is 0. The molecule has 0 spiro atoms. The number of likely N-dealkylation sites (N-methyl/N-ethyl adjacent to an activating group) is 1. The van der Waals surface area contributed by atoms with Crippen LogP contribution in [0.15, 0.2) is 6.07 Å². The van der Waals surface area contributed by atoms with Crippen molar-refractivity contribution < 1.29 is 0 Å². The fraction of sp³-hybridized carbons (Fsp3) is 0.538. The number of anilines is 1. The Kier molecular flexibility index (Phi) is 3.80. The quantitative estimate of drug-likeness (QED) is 0.847. The summed E-state index contributed by atoms with van der Waals surface area (Å²) < 4.78 is 0. The number of pyridine rings is 1. The molecule has 2 rings (SSSR count). The van der Waals surface area contributed by atoms with Gasteiger partial charge in [0.2, 0.25) is 0 Å². The Morgan fingerprint density at radius 1 is 1.28 bits per heavy atom. The lowest BCUT2D eigenvalue weighted by Gasteiger charge is -2.33. The van der Waals surface area contributed by atoms with Gasteiger partial charge < -0.3 is 10.3 Å². The Hall–Kier alpha value is -1.64. The summed E-state index contributed by atoms with van der Waals surface area (Å²) in [6.45, 7) is 7.82. The number of aromatic nitrogens is 1. The van der Waals surface area contributed by atoms with E-state index in [9.17, 15) is 5.26 Å². The van der Waals surface area contributed by atoms with E-state index in [0.29, 0.717) is 5.56 Å². The first kappa shape index (κ1) is 12.8. The molecule has 1 saturated heterocycles. The molecule has 0 aromatic carbocycles. The maximum absolute atomic E-state index is 9.20. The predicted octanol–water partition coefficient (Wildman–Crippen LogP) is 1.14. The number of nitrogens with one attached hydrogen (secondary N) is 1. The van der Waals surface area contributed by atoms with Crippen molar-refractivity contribution >= 4 is 5.69 Å². The predicted molar refractivity (Wildman–Crippen MR) is 71.1 cm³/mol. The zero-order valence-electron chi connectivity index (χ0n) is 11.2. The molecule has 0 atom stereocenters. The van der Waals surface area contributed by atoms with Crippen LogP contribution in [-0.4, -0.2) is 48.1 Å². The number of hydrogen-bond acceptors (Lipinski definition) is 5. The van der Waals surface area contributed by atoms with Crippen molar-refractivity contribution in [2.24, 2.45) is 0 Å². The van der Waals surface area contributed by atoms with Gasteiger partial charge in [0, 0.05) is 31.9 Å². The Labute approximate surface area is 108 Å². The highest BCUT2D eigenvalue weighted by Gasteiger charge is 2.16. The number of nitriles is 1. The molecule has 1 aromatic rings. The zero-order valence-corrected chi connectivity index (χ0v) is 11.2. The van der Waals surface area contributed by atoms with Gasteiger partial charge in [0.25, 0.3) is 0 Å². The molecule has 0 unspecified atom stereocenters. The number of rotatable bonds is 2. The van der Waals surface area contributed by atoms with Crippen LogP contribution in [0.1, 0.15) is 17.0 Å². The SMILES string of the molecule is Cc1cc(NN2CCN(C)CC2)c(C#N)c(C)n1. The van der Waals surface area contributed by atoms with Crippen LogP contribution in [0.5, 0.6) is 0 Å². The molecule has 96 valence electrons. The first-order chi connectivity index (χ1) is 8.60. The Morgan fingerprint density at radius 3 is 2.56 bits per heavy atom. The number of aryl methyl sites for hydroxylation is 2. The number of hydrogen-bond donors (Lipinski definition) is 1. The summed E-state index contributed by atoms with van der Waals surface area (Å²) in [4.78, 5) is 6.62. The molecule has 0 radical (unpaired) electrons. The van der Waals surface area contributed by atoms with Crippen LogP contribution in [-0.2, 0) is 0 Å². The monoisotopic (exact) mass is 245 g/mol. The Morgan fingerprint density at radius 2 is 1.94 bits per heavy atom. The minimum absolute atomic E-state index is 0.638. The zero-order chi connectivity index (χ0) is 13.1. The fourth-order valence-corrected chi connectivity index (χ4v) is 2.15. The molecule has 1 N–H and O–H groups in total. The van der Waals surface area contributed by atoms with Crippen molar-refractivity contribution in [2.75, 3.05) is 38.7 Å². The van der Waals surface area contributed by atoms with E-state index in [2.05, 4.69) is 33.4 Å². The van der Waals surface area contributed by atoms with Gasteiger partial charge in [0.05, 0.1) is 16.9 Å². The third-order valence-electron chi connectivity index (χ3n) is 3.22. The largest absolute Gasteiger partial charge is 0.317 e. The summed E-state index contributed by atoms with van der Waals surface area (Å²) in [6, 6.07) is 4.16. The molecule has 0 aliphatic carbocycles. The van der Waals surface area contributed by atoms with Gasteiger partial charge in [-0.05, 0) is 27.0 Å². The van der Waals surface area contributed by atoms with Gasteiger partial charge in [0.15, 0.2) is 0 Å². The molecule has 0 saturated carbocycles. The third kappa shape index (κ3) is 2.78. The van der Waals surface area contributed by atoms with Gasteiger partial charge in [-0.15, -0.1) is 0 Å². The smallest absolute Gasteiger partial charge is 0.103 e. The minimum atomic E-state index is 0.638. The number of hydrazine groups is 1. The standard InChI is InChI=1S/C13H19N5/c1-10-8-13(12(9-14)11(2)15-10)16-18-6-4-17(3)5-7-18/h8H,4-7H2,1-3H3,(H,15,16). The highest BCUT2D eigenvalue weighted by Crippen LogP contribution is 2.19. The van der Waals surface area contributed by atoms with E-state index in [1.165, 1.54) is 0 Å². The molecule has 5 heteroatoms. The first-order valence-corrected chi connectivity index (χ1v) is 6.18. The van der Waals surface area contributed by atoms with Gasteiger partial charge in [0.1, 0.15) is 6.07 Å². The molecule has 5 nitrogen and oxygen atoms in total. The van der Waals surface area contributed by atoms with Crippen LogP contribution in [0.4, 0.5) is 5.69 Å². The third-order valence-corrected chi connectivity index (χ3v) is 3.22. The lowest BCUT2D eigenvalue weighted by atomic mass is 10.1. The van der Waals surface area contributed by atoms with Gasteiger partial charge >= 0.3 is 0 Å². The second-order valence-corrected chi connectivity index (χ2v) is 4.79. The van der Waals surface area contributed by atoms with E-state index < -0.39 is 0 Å². The van der Waals surface area contributed by atoms with Crippen LogP contribution in [0.25, 0.3) is 0 Å². The van der Waals surface area contributed by atoms with Gasteiger partial charge in [-0.25, -0.2) is 5.01 Å². The molecule has 1 fully saturated rings. The van der Waals surface area contributed by atoms with E-state index in [-0.39, 0.29) is 0 Å². The average molecular weight is 245 g/mol. The lowest BCUT2D eigenvalue weighted by molar-refractivity contribution is 0.179. The van der Waals surface area contributed by atoms with Crippen molar-refractivity contribution in [3.63, 3.8) is 0 Å². The van der Waals surface area contributed by atoms with Crippen molar-refractivity contribution in [3.05, 3.63) is 23.0 Å². The fourth-order valence-electron chi connectivity index (χ4n) is 2.15. The highest BCUT2D eigenvalue weighted by atomic mass is 15.5. The summed E-state index contributed by atoms with van der Waals surface area (Å²) in [5.41, 5.74) is 6.57. The van der Waals surface area contributed by atoms with E-state index in [4.69, 9.17) is 0 Å². The number of piperazine rings is 1. The maximum Gasteiger partial charge on any atom is 0.103 e. The van der Waals surface area contributed by atoms with Crippen molar-refractivity contribution in [3.8, 4) is 6.07 Å². The summed E-state index contributed by atoms with van der Waals surface area (Å²) >= 11 is 0. The first-order valence-electron chi connectivity index (χ1n) is 6.18. The maximum atomic E-state index is 9.20. The van der Waals surface area contributed by atoms with Gasteiger partial charge in [-0.3, -0.25) is 4.98 Å². The molecule has 18 heavy (non-hydrogen) atoms. The summed E-state index contributed by atoms with van der Waals surface area (Å²) in [5.74, 6) is 0. The molecule has 1 aromatic heterocycles.